The number of methoxy groups -OCH3 is 1. The molecule has 2 rings (SSSR count). The first-order chi connectivity index (χ1) is 11.4. The van der Waals surface area contributed by atoms with Crippen LogP contribution in [0.4, 0.5) is 5.69 Å². The third-order valence-electron chi connectivity index (χ3n) is 3.36. The minimum Gasteiger partial charge on any atom is -0.496 e. The van der Waals surface area contributed by atoms with E-state index in [9.17, 15) is 9.59 Å². The predicted molar refractivity (Wildman–Crippen MR) is 95.5 cm³/mol. The Morgan fingerprint density at radius 1 is 1.12 bits per heavy atom. The van der Waals surface area contributed by atoms with Gasteiger partial charge in [-0.3, -0.25) is 4.79 Å². The molecule has 0 fully saturated rings. The molecule has 6 heteroatoms. The lowest BCUT2D eigenvalue weighted by Crippen LogP contribution is -2.21. The second-order valence-electron chi connectivity index (χ2n) is 5.29. The fourth-order valence-corrected chi connectivity index (χ4v) is 2.44. The van der Waals surface area contributed by atoms with Crippen molar-refractivity contribution in [3.05, 3.63) is 57.6 Å². The summed E-state index contributed by atoms with van der Waals surface area (Å²) >= 11 is 3.40. The van der Waals surface area contributed by atoms with E-state index in [0.717, 1.165) is 15.6 Å². The molecule has 2 aromatic carbocycles. The highest BCUT2D eigenvalue weighted by atomic mass is 79.9. The minimum absolute atomic E-state index is 0.295. The smallest absolute Gasteiger partial charge is 0.342 e. The van der Waals surface area contributed by atoms with Gasteiger partial charge in [-0.1, -0.05) is 33.6 Å². The third kappa shape index (κ3) is 4.58. The molecule has 2 aromatic rings. The van der Waals surface area contributed by atoms with Gasteiger partial charge in [0, 0.05) is 10.2 Å². The normalized spacial score (nSPS) is 10.2. The molecule has 5 nitrogen and oxygen atoms in total. The summed E-state index contributed by atoms with van der Waals surface area (Å²) < 4.78 is 11.1. The van der Waals surface area contributed by atoms with Gasteiger partial charge in [0.1, 0.15) is 11.3 Å². The van der Waals surface area contributed by atoms with Crippen molar-refractivity contribution in [2.45, 2.75) is 13.8 Å². The van der Waals surface area contributed by atoms with Gasteiger partial charge in [0.2, 0.25) is 0 Å². The first-order valence-electron chi connectivity index (χ1n) is 7.28. The van der Waals surface area contributed by atoms with E-state index in [4.69, 9.17) is 9.47 Å². The van der Waals surface area contributed by atoms with Crippen LogP contribution in [0.15, 0.2) is 40.9 Å². The summed E-state index contributed by atoms with van der Waals surface area (Å²) in [6.07, 6.45) is 0. The molecule has 0 saturated carbocycles. The Labute approximate surface area is 149 Å². The molecule has 0 aliphatic heterocycles. The monoisotopic (exact) mass is 391 g/mol. The molecule has 0 unspecified atom stereocenters. The molecular formula is C18H18BrNO4. The standard InChI is InChI=1S/C18H18BrNO4/c1-11-4-7-16(23-3)14(8-11)18(22)24-10-17(21)20-13-6-5-12(2)15(19)9-13/h4-9H,10H2,1-3H3,(H,20,21). The maximum absolute atomic E-state index is 12.1. The first kappa shape index (κ1) is 18.0. The molecule has 0 aromatic heterocycles. The van der Waals surface area contributed by atoms with Crippen molar-refractivity contribution in [2.24, 2.45) is 0 Å². The van der Waals surface area contributed by atoms with Crippen molar-refractivity contribution in [3.8, 4) is 5.75 Å². The van der Waals surface area contributed by atoms with Crippen LogP contribution in [-0.4, -0.2) is 25.6 Å². The van der Waals surface area contributed by atoms with Crippen LogP contribution in [0.2, 0.25) is 0 Å². The van der Waals surface area contributed by atoms with E-state index in [1.807, 2.05) is 26.0 Å². The molecule has 0 aliphatic rings. The highest BCUT2D eigenvalue weighted by Gasteiger charge is 2.15. The van der Waals surface area contributed by atoms with Gasteiger partial charge in [-0.05, 0) is 43.7 Å². The van der Waals surface area contributed by atoms with Crippen LogP contribution in [0.3, 0.4) is 0 Å². The number of aryl methyl sites for hydroxylation is 2. The van der Waals surface area contributed by atoms with E-state index < -0.39 is 11.9 Å². The lowest BCUT2D eigenvalue weighted by atomic mass is 10.1. The number of halogens is 1. The Kier molecular flexibility index (Phi) is 5.98. The number of carbonyl (C=O) groups excluding carboxylic acids is 2. The van der Waals surface area contributed by atoms with Crippen molar-refractivity contribution in [1.29, 1.82) is 0 Å². The molecule has 24 heavy (non-hydrogen) atoms. The summed E-state index contributed by atoms with van der Waals surface area (Å²) in [5.74, 6) is -0.602. The first-order valence-corrected chi connectivity index (χ1v) is 8.08. The second-order valence-corrected chi connectivity index (χ2v) is 6.15. The number of rotatable bonds is 5. The van der Waals surface area contributed by atoms with Crippen LogP contribution in [-0.2, 0) is 9.53 Å². The van der Waals surface area contributed by atoms with Gasteiger partial charge in [0.15, 0.2) is 6.61 Å². The zero-order valence-electron chi connectivity index (χ0n) is 13.7. The summed E-state index contributed by atoms with van der Waals surface area (Å²) in [5.41, 5.74) is 2.88. The van der Waals surface area contributed by atoms with E-state index in [1.54, 1.807) is 24.3 Å². The molecule has 0 heterocycles. The summed E-state index contributed by atoms with van der Waals surface area (Å²) in [5, 5.41) is 2.68. The number of carbonyl (C=O) groups is 2. The highest BCUT2D eigenvalue weighted by molar-refractivity contribution is 9.10. The number of anilines is 1. The van der Waals surface area contributed by atoms with Crippen LogP contribution in [0, 0.1) is 13.8 Å². The number of hydrogen-bond acceptors (Lipinski definition) is 4. The molecule has 126 valence electrons. The van der Waals surface area contributed by atoms with Gasteiger partial charge in [0.05, 0.1) is 7.11 Å². The van der Waals surface area contributed by atoms with Crippen molar-refractivity contribution < 1.29 is 19.1 Å². The lowest BCUT2D eigenvalue weighted by molar-refractivity contribution is -0.119. The third-order valence-corrected chi connectivity index (χ3v) is 4.22. The summed E-state index contributed by atoms with van der Waals surface area (Å²) in [7, 11) is 1.48. The Morgan fingerprint density at radius 2 is 1.88 bits per heavy atom. The SMILES string of the molecule is COc1ccc(C)cc1C(=O)OCC(=O)Nc1ccc(C)c(Br)c1. The van der Waals surface area contributed by atoms with Crippen LogP contribution in [0.5, 0.6) is 5.75 Å². The second kappa shape index (κ2) is 7.97. The van der Waals surface area contributed by atoms with Crippen LogP contribution < -0.4 is 10.1 Å². The molecule has 0 radical (unpaired) electrons. The van der Waals surface area contributed by atoms with Gasteiger partial charge in [-0.15, -0.1) is 0 Å². The number of amides is 1. The number of hydrogen-bond donors (Lipinski definition) is 1. The molecule has 0 spiro atoms. The Bertz CT molecular complexity index is 774. The molecule has 1 N–H and O–H groups in total. The van der Waals surface area contributed by atoms with Gasteiger partial charge in [-0.25, -0.2) is 4.79 Å². The molecule has 0 aliphatic carbocycles. The van der Waals surface area contributed by atoms with E-state index in [-0.39, 0.29) is 6.61 Å². The van der Waals surface area contributed by atoms with Crippen LogP contribution in [0.1, 0.15) is 21.5 Å². The quantitative estimate of drug-likeness (QED) is 0.785. The fourth-order valence-electron chi connectivity index (χ4n) is 2.06. The van der Waals surface area contributed by atoms with Crippen molar-refractivity contribution in [3.63, 3.8) is 0 Å². The lowest BCUT2D eigenvalue weighted by Gasteiger charge is -2.10. The largest absolute Gasteiger partial charge is 0.496 e. The van der Waals surface area contributed by atoms with Crippen molar-refractivity contribution in [2.75, 3.05) is 19.0 Å². The molecular weight excluding hydrogens is 374 g/mol. The number of ether oxygens (including phenoxy) is 2. The maximum Gasteiger partial charge on any atom is 0.342 e. The van der Waals surface area contributed by atoms with Gasteiger partial charge < -0.3 is 14.8 Å². The zero-order valence-corrected chi connectivity index (χ0v) is 15.3. The van der Waals surface area contributed by atoms with Crippen LogP contribution >= 0.6 is 15.9 Å². The number of nitrogens with one attached hydrogen (secondary N) is 1. The zero-order chi connectivity index (χ0) is 17.7. The number of esters is 1. The fraction of sp³-hybridized carbons (Fsp3) is 0.222. The van der Waals surface area contributed by atoms with Gasteiger partial charge in [0.25, 0.3) is 5.91 Å². The van der Waals surface area contributed by atoms with Crippen molar-refractivity contribution in [1.82, 2.24) is 0 Å². The average Bonchev–Trinajstić information content (AvgIpc) is 2.56. The summed E-state index contributed by atoms with van der Waals surface area (Å²) in [4.78, 5) is 24.1. The van der Waals surface area contributed by atoms with E-state index in [0.29, 0.717) is 17.0 Å². The number of benzene rings is 2. The molecule has 1 amide bonds. The van der Waals surface area contributed by atoms with Crippen LogP contribution in [0.25, 0.3) is 0 Å². The molecule has 0 bridgehead atoms. The van der Waals surface area contributed by atoms with E-state index in [2.05, 4.69) is 21.2 Å². The van der Waals surface area contributed by atoms with Crippen molar-refractivity contribution >= 4 is 33.5 Å². The Balaban J connectivity index is 1.97. The highest BCUT2D eigenvalue weighted by Crippen LogP contribution is 2.21. The average molecular weight is 392 g/mol. The summed E-state index contributed by atoms with van der Waals surface area (Å²) in [6.45, 7) is 3.44. The Hall–Kier alpha value is -2.34. The maximum atomic E-state index is 12.1. The Morgan fingerprint density at radius 3 is 2.54 bits per heavy atom. The van der Waals surface area contributed by atoms with Gasteiger partial charge in [-0.2, -0.15) is 0 Å². The predicted octanol–water partition coefficient (Wildman–Crippen LogP) is 3.87. The summed E-state index contributed by atoms with van der Waals surface area (Å²) in [6, 6.07) is 10.6. The molecule has 0 atom stereocenters. The molecule has 0 saturated heterocycles. The van der Waals surface area contributed by atoms with E-state index >= 15 is 0 Å². The minimum atomic E-state index is -0.601. The van der Waals surface area contributed by atoms with E-state index in [1.165, 1.54) is 7.11 Å². The topological polar surface area (TPSA) is 64.6 Å². The van der Waals surface area contributed by atoms with Gasteiger partial charge >= 0.3 is 5.97 Å².